The molecule has 0 unspecified atom stereocenters. The van der Waals surface area contributed by atoms with Crippen molar-refractivity contribution in [3.63, 3.8) is 0 Å². The molecular weight excluding hydrogens is 230 g/mol. The minimum atomic E-state index is -0.109. The van der Waals surface area contributed by atoms with Crippen molar-refractivity contribution in [3.8, 4) is 0 Å². The van der Waals surface area contributed by atoms with Gasteiger partial charge in [-0.25, -0.2) is 0 Å². The molecule has 0 saturated heterocycles. The zero-order valence-corrected chi connectivity index (χ0v) is 10.3. The van der Waals surface area contributed by atoms with Crippen molar-refractivity contribution >= 4 is 29.0 Å². The van der Waals surface area contributed by atoms with E-state index in [1.807, 2.05) is 54.8 Å². The Kier molecular flexibility index (Phi) is 3.73. The van der Waals surface area contributed by atoms with Crippen LogP contribution in [0, 0.1) is 6.92 Å². The summed E-state index contributed by atoms with van der Waals surface area (Å²) in [5.74, 6) is -0.109. The van der Waals surface area contributed by atoms with E-state index in [0.29, 0.717) is 0 Å². The Hall–Kier alpha value is -1.87. The van der Waals surface area contributed by atoms with Gasteiger partial charge in [-0.2, -0.15) is 0 Å². The molecule has 0 radical (unpaired) electrons. The standard InChI is InChI=1S/C14H13NOS/c1-11-4-6-12(7-5-11)15-14(16)9-8-13-3-2-10-17-13/h2-10H,1H3,(H,15,16). The Labute approximate surface area is 105 Å². The molecule has 1 aromatic heterocycles. The second-order valence-electron chi connectivity index (χ2n) is 3.70. The molecular formula is C14H13NOS. The smallest absolute Gasteiger partial charge is 0.248 e. The lowest BCUT2D eigenvalue weighted by atomic mass is 10.2. The maximum atomic E-state index is 11.6. The molecule has 0 spiro atoms. The van der Waals surface area contributed by atoms with Gasteiger partial charge < -0.3 is 5.32 Å². The van der Waals surface area contributed by atoms with Crippen LogP contribution in [0.2, 0.25) is 0 Å². The zero-order chi connectivity index (χ0) is 12.1. The predicted octanol–water partition coefficient (Wildman–Crippen LogP) is 3.71. The molecule has 0 aliphatic rings. The predicted molar refractivity (Wildman–Crippen MR) is 73.2 cm³/mol. The Balaban J connectivity index is 1.95. The van der Waals surface area contributed by atoms with E-state index < -0.39 is 0 Å². The van der Waals surface area contributed by atoms with Gasteiger partial charge in [-0.1, -0.05) is 23.8 Å². The quantitative estimate of drug-likeness (QED) is 0.818. The second kappa shape index (κ2) is 5.46. The Bertz CT molecular complexity index is 512. The molecule has 2 rings (SSSR count). The zero-order valence-electron chi connectivity index (χ0n) is 9.51. The monoisotopic (exact) mass is 243 g/mol. The minimum Gasteiger partial charge on any atom is -0.323 e. The molecule has 2 nitrogen and oxygen atoms in total. The summed E-state index contributed by atoms with van der Waals surface area (Å²) in [6.07, 6.45) is 3.36. The summed E-state index contributed by atoms with van der Waals surface area (Å²) in [4.78, 5) is 12.7. The largest absolute Gasteiger partial charge is 0.323 e. The van der Waals surface area contributed by atoms with Crippen LogP contribution in [0.4, 0.5) is 5.69 Å². The van der Waals surface area contributed by atoms with E-state index in [4.69, 9.17) is 0 Å². The first-order valence-corrected chi connectivity index (χ1v) is 6.21. The van der Waals surface area contributed by atoms with Crippen LogP contribution in [0.25, 0.3) is 6.08 Å². The van der Waals surface area contributed by atoms with E-state index in [0.717, 1.165) is 10.6 Å². The lowest BCUT2D eigenvalue weighted by molar-refractivity contribution is -0.111. The molecule has 0 saturated carbocycles. The number of benzene rings is 1. The van der Waals surface area contributed by atoms with Gasteiger partial charge in [0.05, 0.1) is 0 Å². The fraction of sp³-hybridized carbons (Fsp3) is 0.0714. The van der Waals surface area contributed by atoms with Crippen LogP contribution in [0.15, 0.2) is 47.9 Å². The maximum absolute atomic E-state index is 11.6. The van der Waals surface area contributed by atoms with E-state index in [2.05, 4.69) is 5.32 Å². The molecule has 1 N–H and O–H groups in total. The summed E-state index contributed by atoms with van der Waals surface area (Å²) < 4.78 is 0. The number of carbonyl (C=O) groups excluding carboxylic acids is 1. The summed E-state index contributed by atoms with van der Waals surface area (Å²) in [6, 6.07) is 11.7. The summed E-state index contributed by atoms with van der Waals surface area (Å²) in [5.41, 5.74) is 1.99. The normalized spacial score (nSPS) is 10.6. The number of thiophene rings is 1. The first kappa shape index (κ1) is 11.6. The van der Waals surface area contributed by atoms with Crippen LogP contribution >= 0.6 is 11.3 Å². The van der Waals surface area contributed by atoms with Crippen molar-refractivity contribution in [1.82, 2.24) is 0 Å². The highest BCUT2D eigenvalue weighted by Gasteiger charge is 1.97. The third kappa shape index (κ3) is 3.57. The first-order valence-electron chi connectivity index (χ1n) is 5.33. The number of aryl methyl sites for hydroxylation is 1. The fourth-order valence-corrected chi connectivity index (χ4v) is 1.98. The lowest BCUT2D eigenvalue weighted by Crippen LogP contribution is -2.07. The van der Waals surface area contributed by atoms with Crippen LogP contribution in [0.3, 0.4) is 0 Å². The van der Waals surface area contributed by atoms with Crippen molar-refractivity contribution in [1.29, 1.82) is 0 Å². The number of hydrogen-bond donors (Lipinski definition) is 1. The fourth-order valence-electron chi connectivity index (χ4n) is 1.36. The molecule has 86 valence electrons. The Morgan fingerprint density at radius 1 is 1.24 bits per heavy atom. The van der Waals surface area contributed by atoms with Crippen LogP contribution in [0.1, 0.15) is 10.4 Å². The number of carbonyl (C=O) groups is 1. The minimum absolute atomic E-state index is 0.109. The van der Waals surface area contributed by atoms with Gasteiger partial charge in [0.25, 0.3) is 0 Å². The number of anilines is 1. The van der Waals surface area contributed by atoms with Gasteiger partial charge in [0, 0.05) is 16.6 Å². The van der Waals surface area contributed by atoms with Crippen molar-refractivity contribution in [2.75, 3.05) is 5.32 Å². The van der Waals surface area contributed by atoms with Gasteiger partial charge in [-0.05, 0) is 36.6 Å². The van der Waals surface area contributed by atoms with Gasteiger partial charge in [0.15, 0.2) is 0 Å². The van der Waals surface area contributed by atoms with E-state index in [1.165, 1.54) is 5.56 Å². The Morgan fingerprint density at radius 3 is 2.65 bits per heavy atom. The van der Waals surface area contributed by atoms with Gasteiger partial charge in [-0.15, -0.1) is 11.3 Å². The molecule has 0 bridgehead atoms. The van der Waals surface area contributed by atoms with Gasteiger partial charge in [0.2, 0.25) is 5.91 Å². The molecule has 0 aliphatic heterocycles. The first-order chi connectivity index (χ1) is 8.24. The SMILES string of the molecule is Cc1ccc(NC(=O)C=Cc2cccs2)cc1. The van der Waals surface area contributed by atoms with E-state index in [-0.39, 0.29) is 5.91 Å². The third-order valence-electron chi connectivity index (χ3n) is 2.26. The molecule has 1 aromatic carbocycles. The van der Waals surface area contributed by atoms with Crippen molar-refractivity contribution in [2.24, 2.45) is 0 Å². The van der Waals surface area contributed by atoms with Crippen molar-refractivity contribution in [2.45, 2.75) is 6.92 Å². The van der Waals surface area contributed by atoms with E-state index in [9.17, 15) is 4.79 Å². The lowest BCUT2D eigenvalue weighted by Gasteiger charge is -2.01. The molecule has 0 fully saturated rings. The van der Waals surface area contributed by atoms with Gasteiger partial charge in [-0.3, -0.25) is 4.79 Å². The molecule has 17 heavy (non-hydrogen) atoms. The summed E-state index contributed by atoms with van der Waals surface area (Å²) >= 11 is 1.61. The highest BCUT2D eigenvalue weighted by molar-refractivity contribution is 7.10. The number of nitrogens with one attached hydrogen (secondary N) is 1. The van der Waals surface area contributed by atoms with Crippen LogP contribution in [-0.4, -0.2) is 5.91 Å². The van der Waals surface area contributed by atoms with Crippen molar-refractivity contribution in [3.05, 3.63) is 58.3 Å². The number of rotatable bonds is 3. The summed E-state index contributed by atoms with van der Waals surface area (Å²) in [5, 5.41) is 4.79. The molecule has 1 amide bonds. The molecule has 2 aromatic rings. The van der Waals surface area contributed by atoms with E-state index >= 15 is 0 Å². The Morgan fingerprint density at radius 2 is 2.00 bits per heavy atom. The van der Waals surface area contributed by atoms with Crippen molar-refractivity contribution < 1.29 is 4.79 Å². The van der Waals surface area contributed by atoms with Crippen LogP contribution in [-0.2, 0) is 4.79 Å². The number of hydrogen-bond acceptors (Lipinski definition) is 2. The maximum Gasteiger partial charge on any atom is 0.248 e. The highest BCUT2D eigenvalue weighted by Crippen LogP contribution is 2.11. The number of amides is 1. The molecule has 3 heteroatoms. The van der Waals surface area contributed by atoms with Crippen LogP contribution < -0.4 is 5.32 Å². The molecule has 1 heterocycles. The topological polar surface area (TPSA) is 29.1 Å². The average molecular weight is 243 g/mol. The van der Waals surface area contributed by atoms with Gasteiger partial charge in [0.1, 0.15) is 0 Å². The molecule has 0 atom stereocenters. The van der Waals surface area contributed by atoms with E-state index in [1.54, 1.807) is 17.4 Å². The average Bonchev–Trinajstić information content (AvgIpc) is 2.83. The second-order valence-corrected chi connectivity index (χ2v) is 4.68. The van der Waals surface area contributed by atoms with Gasteiger partial charge >= 0.3 is 0 Å². The third-order valence-corrected chi connectivity index (χ3v) is 3.10. The summed E-state index contributed by atoms with van der Waals surface area (Å²) in [7, 11) is 0. The summed E-state index contributed by atoms with van der Waals surface area (Å²) in [6.45, 7) is 2.02. The molecule has 0 aliphatic carbocycles. The van der Waals surface area contributed by atoms with Crippen LogP contribution in [0.5, 0.6) is 0 Å². The highest BCUT2D eigenvalue weighted by atomic mass is 32.1.